The Hall–Kier alpha value is -3.84. The molecular weight excluding hydrogens is 780 g/mol. The van der Waals surface area contributed by atoms with Crippen molar-refractivity contribution in [1.29, 1.82) is 0 Å². The van der Waals surface area contributed by atoms with Gasteiger partial charge < -0.3 is 19.1 Å². The standard InChI is InChI=1S/C14H9Cl2NO5.C14H20ClNO2.C8H11Cl2NO/c1-21-14(18)10-7-9(3-4-12(10)17(19)20)22-13-5-2-8(15)6-11(13)16;1-4-11-7-6-8-12(5-2)14(11)16(10-18-3)13(17)9-15;1-3-5-11(6-4-2)8(12)7(9)10/h2-7H,1H3;6-8H,4-5,9-10H2,1-3H3;3-4,7H,1-2,5-6H2. The van der Waals surface area contributed by atoms with Gasteiger partial charge in [0.1, 0.15) is 29.7 Å². The zero-order chi connectivity index (χ0) is 39.4. The van der Waals surface area contributed by atoms with Crippen molar-refractivity contribution in [3.05, 3.63) is 117 Å². The van der Waals surface area contributed by atoms with E-state index >= 15 is 0 Å². The summed E-state index contributed by atoms with van der Waals surface area (Å²) in [5, 5.41) is 11.6. The molecule has 11 nitrogen and oxygen atoms in total. The molecule has 16 heteroatoms. The third-order valence-corrected chi connectivity index (χ3v) is 7.93. The molecule has 0 unspecified atom stereocenters. The summed E-state index contributed by atoms with van der Waals surface area (Å²) in [5.74, 6) is -0.817. The molecule has 0 aliphatic heterocycles. The molecule has 3 aromatic carbocycles. The fraction of sp³-hybridized carbons (Fsp3) is 0.306. The average molecular weight is 820 g/mol. The maximum absolute atomic E-state index is 12.0. The van der Waals surface area contributed by atoms with Crippen molar-refractivity contribution < 1.29 is 33.5 Å². The number of methoxy groups -OCH3 is 2. The topological polar surface area (TPSA) is 129 Å². The molecule has 0 saturated carbocycles. The quantitative estimate of drug-likeness (QED) is 0.0371. The number of hydrogen-bond acceptors (Lipinski definition) is 8. The van der Waals surface area contributed by atoms with E-state index in [1.54, 1.807) is 36.3 Å². The van der Waals surface area contributed by atoms with Crippen LogP contribution < -0.4 is 9.64 Å². The predicted molar refractivity (Wildman–Crippen MR) is 209 cm³/mol. The normalized spacial score (nSPS) is 10.1. The Kier molecular flexibility index (Phi) is 21.7. The minimum absolute atomic E-state index is 0.0371. The molecule has 0 radical (unpaired) electrons. The van der Waals surface area contributed by atoms with Crippen LogP contribution in [0.2, 0.25) is 10.0 Å². The van der Waals surface area contributed by atoms with Gasteiger partial charge in [-0.15, -0.1) is 24.8 Å². The first-order valence-electron chi connectivity index (χ1n) is 15.5. The number of para-hydroxylation sites is 1. The molecule has 0 saturated heterocycles. The highest BCUT2D eigenvalue weighted by atomic mass is 35.5. The van der Waals surface area contributed by atoms with E-state index in [4.69, 9.17) is 67.5 Å². The lowest BCUT2D eigenvalue weighted by atomic mass is 10.0. The van der Waals surface area contributed by atoms with Gasteiger partial charge >= 0.3 is 5.97 Å². The van der Waals surface area contributed by atoms with Crippen LogP contribution >= 0.6 is 58.0 Å². The molecule has 0 fully saturated rings. The molecule has 0 aliphatic rings. The highest BCUT2D eigenvalue weighted by Gasteiger charge is 2.23. The number of rotatable bonds is 15. The average Bonchev–Trinajstić information content (AvgIpc) is 3.13. The fourth-order valence-corrected chi connectivity index (χ4v) is 5.29. The number of benzene rings is 3. The number of hydrogen-bond donors (Lipinski definition) is 0. The van der Waals surface area contributed by atoms with Crippen LogP contribution in [-0.2, 0) is 31.9 Å². The molecule has 282 valence electrons. The Morgan fingerprint density at radius 3 is 1.98 bits per heavy atom. The van der Waals surface area contributed by atoms with E-state index in [1.807, 2.05) is 18.2 Å². The van der Waals surface area contributed by atoms with Crippen molar-refractivity contribution in [3.63, 3.8) is 0 Å². The van der Waals surface area contributed by atoms with Gasteiger partial charge in [-0.05, 0) is 48.2 Å². The van der Waals surface area contributed by atoms with Gasteiger partial charge in [-0.25, -0.2) is 4.79 Å². The number of nitrogens with zero attached hydrogens (tertiary/aromatic N) is 3. The highest BCUT2D eigenvalue weighted by molar-refractivity contribution is 6.53. The number of carbonyl (C=O) groups is 3. The zero-order valence-corrected chi connectivity index (χ0v) is 32.9. The van der Waals surface area contributed by atoms with Crippen LogP contribution in [0.4, 0.5) is 11.4 Å². The number of halogens is 5. The van der Waals surface area contributed by atoms with Crippen LogP contribution in [0.25, 0.3) is 0 Å². The molecule has 0 aliphatic carbocycles. The van der Waals surface area contributed by atoms with Crippen molar-refractivity contribution in [1.82, 2.24) is 4.90 Å². The summed E-state index contributed by atoms with van der Waals surface area (Å²) >= 11 is 28.2. The van der Waals surface area contributed by atoms with Crippen LogP contribution in [0, 0.1) is 10.1 Å². The summed E-state index contributed by atoms with van der Waals surface area (Å²) in [6.45, 7) is 12.3. The number of alkyl halides is 3. The van der Waals surface area contributed by atoms with Gasteiger partial charge in [-0.1, -0.05) is 90.6 Å². The monoisotopic (exact) mass is 817 g/mol. The van der Waals surface area contributed by atoms with E-state index in [2.05, 4.69) is 31.7 Å². The lowest BCUT2D eigenvalue weighted by molar-refractivity contribution is -0.385. The van der Waals surface area contributed by atoms with Gasteiger partial charge in [-0.2, -0.15) is 0 Å². The second-order valence-corrected chi connectivity index (χ2v) is 12.4. The molecule has 2 amide bonds. The van der Waals surface area contributed by atoms with Gasteiger partial charge in [0, 0.05) is 37.4 Å². The van der Waals surface area contributed by atoms with Gasteiger partial charge in [0.15, 0.2) is 4.84 Å². The van der Waals surface area contributed by atoms with Crippen LogP contribution in [0.1, 0.15) is 35.3 Å². The number of carbonyl (C=O) groups excluding carboxylic acids is 3. The van der Waals surface area contributed by atoms with Crippen molar-refractivity contribution in [2.75, 3.05) is 44.8 Å². The lowest BCUT2D eigenvalue weighted by Crippen LogP contribution is -2.35. The van der Waals surface area contributed by atoms with Gasteiger partial charge in [0.2, 0.25) is 5.91 Å². The molecule has 0 atom stereocenters. The van der Waals surface area contributed by atoms with E-state index < -0.39 is 15.7 Å². The fourth-order valence-electron chi connectivity index (χ4n) is 4.42. The first-order chi connectivity index (χ1) is 24.7. The van der Waals surface area contributed by atoms with Crippen molar-refractivity contribution in [2.24, 2.45) is 0 Å². The molecule has 0 heterocycles. The third kappa shape index (κ3) is 14.3. The Morgan fingerprint density at radius 2 is 1.54 bits per heavy atom. The third-order valence-electron chi connectivity index (χ3n) is 6.80. The van der Waals surface area contributed by atoms with Gasteiger partial charge in [0.25, 0.3) is 11.6 Å². The van der Waals surface area contributed by atoms with E-state index in [1.165, 1.54) is 23.1 Å². The number of ether oxygens (including phenoxy) is 3. The number of nitro groups is 1. The number of esters is 1. The van der Waals surface area contributed by atoms with Gasteiger partial charge in [-0.3, -0.25) is 24.6 Å². The van der Waals surface area contributed by atoms with E-state index in [-0.39, 0.29) is 46.4 Å². The zero-order valence-electron chi connectivity index (χ0n) is 29.1. The highest BCUT2D eigenvalue weighted by Crippen LogP contribution is 2.34. The molecule has 52 heavy (non-hydrogen) atoms. The maximum atomic E-state index is 12.0. The van der Waals surface area contributed by atoms with E-state index in [0.717, 1.165) is 42.8 Å². The second-order valence-electron chi connectivity index (χ2n) is 10.2. The number of aryl methyl sites for hydroxylation is 2. The second kappa shape index (κ2) is 24.4. The number of anilines is 1. The van der Waals surface area contributed by atoms with Crippen molar-refractivity contribution in [2.45, 2.75) is 31.5 Å². The maximum Gasteiger partial charge on any atom is 0.345 e. The van der Waals surface area contributed by atoms with Crippen molar-refractivity contribution >= 4 is 87.2 Å². The summed E-state index contributed by atoms with van der Waals surface area (Å²) in [7, 11) is 2.71. The molecule has 3 rings (SSSR count). The number of amides is 2. The molecular formula is C36H40Cl5N3O8. The first kappa shape index (κ1) is 46.2. The minimum atomic E-state index is -1.01. The predicted octanol–water partition coefficient (Wildman–Crippen LogP) is 9.46. The SMILES string of the molecule is C=CCN(CC=C)C(=O)C(Cl)Cl.CCc1cccc(CC)c1N(COC)C(=O)CCl.COC(=O)c1cc(Oc2ccc(Cl)cc2Cl)ccc1[N+](=O)[O-]. The summed E-state index contributed by atoms with van der Waals surface area (Å²) < 4.78 is 15.2. The molecule has 3 aromatic rings. The Balaban J connectivity index is 0.000000408. The van der Waals surface area contributed by atoms with Crippen molar-refractivity contribution in [3.8, 4) is 11.5 Å². The summed E-state index contributed by atoms with van der Waals surface area (Å²) in [4.78, 5) is 47.1. The Bertz CT molecular complexity index is 1660. The van der Waals surface area contributed by atoms with Gasteiger partial charge in [0.05, 0.1) is 22.7 Å². The van der Waals surface area contributed by atoms with E-state index in [0.29, 0.717) is 23.9 Å². The van der Waals surface area contributed by atoms with Crippen LogP contribution in [0.15, 0.2) is 79.9 Å². The van der Waals surface area contributed by atoms with Crippen LogP contribution in [0.3, 0.4) is 0 Å². The lowest BCUT2D eigenvalue weighted by Gasteiger charge is -2.26. The van der Waals surface area contributed by atoms with Crippen LogP contribution in [-0.4, -0.2) is 72.4 Å². The van der Waals surface area contributed by atoms with Crippen LogP contribution in [0.5, 0.6) is 11.5 Å². The smallest absolute Gasteiger partial charge is 0.345 e. The number of nitro benzene ring substituents is 1. The van der Waals surface area contributed by atoms with E-state index in [9.17, 15) is 24.5 Å². The summed E-state index contributed by atoms with van der Waals surface area (Å²) in [5.41, 5.74) is 2.65. The molecule has 0 spiro atoms. The first-order valence-corrected chi connectivity index (χ1v) is 17.6. The molecule has 0 bridgehead atoms. The Morgan fingerprint density at radius 1 is 0.942 bits per heavy atom. The summed E-state index contributed by atoms with van der Waals surface area (Å²) in [6.07, 6.45) is 4.97. The molecule has 0 aromatic heterocycles. The molecule has 0 N–H and O–H groups in total. The Labute approximate surface area is 328 Å². The largest absolute Gasteiger partial charge is 0.465 e. The summed E-state index contributed by atoms with van der Waals surface area (Å²) in [6, 6.07) is 14.5. The minimum Gasteiger partial charge on any atom is -0.465 e.